The highest BCUT2D eigenvalue weighted by Crippen LogP contribution is 2.35. The van der Waals surface area contributed by atoms with E-state index < -0.39 is 7.60 Å². The van der Waals surface area contributed by atoms with Crippen molar-refractivity contribution < 1.29 is 19.1 Å². The summed E-state index contributed by atoms with van der Waals surface area (Å²) in [5.41, 5.74) is 0. The van der Waals surface area contributed by atoms with E-state index in [1.54, 1.807) is 6.92 Å². The number of nitrogens with one attached hydrogen (secondary N) is 1. The van der Waals surface area contributed by atoms with Crippen LogP contribution in [0.4, 0.5) is 0 Å². The van der Waals surface area contributed by atoms with Crippen molar-refractivity contribution in [2.75, 3.05) is 12.7 Å². The van der Waals surface area contributed by atoms with Crippen LogP contribution < -0.4 is 5.32 Å². The summed E-state index contributed by atoms with van der Waals surface area (Å²) in [6.07, 6.45) is 1.39. The van der Waals surface area contributed by atoms with E-state index in [4.69, 9.17) is 9.79 Å². The van der Waals surface area contributed by atoms with Gasteiger partial charge in [0.05, 0.1) is 0 Å². The first kappa shape index (κ1) is 12.6. The number of rotatable bonds is 6. The first-order valence-electron chi connectivity index (χ1n) is 4.27. The van der Waals surface area contributed by atoms with Crippen LogP contribution in [-0.2, 0) is 9.36 Å². The lowest BCUT2D eigenvalue weighted by Gasteiger charge is -2.04. The lowest BCUT2D eigenvalue weighted by atomic mass is 10.3. The van der Waals surface area contributed by atoms with Gasteiger partial charge in [-0.3, -0.25) is 9.36 Å². The van der Waals surface area contributed by atoms with Gasteiger partial charge in [0.1, 0.15) is 0 Å². The van der Waals surface area contributed by atoms with Crippen LogP contribution in [-0.4, -0.2) is 28.4 Å². The molecular weight excluding hydrogens is 193 g/mol. The highest BCUT2D eigenvalue weighted by Gasteiger charge is 2.10. The molecule has 0 aromatic heterocycles. The summed E-state index contributed by atoms with van der Waals surface area (Å²) < 4.78 is 10.4. The molecule has 3 N–H and O–H groups in total. The zero-order chi connectivity index (χ0) is 10.3. The molecule has 1 amide bonds. The molecule has 0 atom stereocenters. The second-order valence-corrected chi connectivity index (χ2v) is 4.58. The number of hydrogen-bond donors (Lipinski definition) is 3. The molecule has 0 saturated carbocycles. The van der Waals surface area contributed by atoms with Crippen molar-refractivity contribution in [2.45, 2.75) is 26.2 Å². The van der Waals surface area contributed by atoms with Gasteiger partial charge in [-0.2, -0.15) is 0 Å². The normalized spacial score (nSPS) is 11.3. The van der Waals surface area contributed by atoms with Crippen LogP contribution in [0.1, 0.15) is 26.2 Å². The fourth-order valence-corrected chi connectivity index (χ4v) is 1.43. The Balaban J connectivity index is 3.27. The second kappa shape index (κ2) is 6.13. The third-order valence-electron chi connectivity index (χ3n) is 1.52. The summed E-state index contributed by atoms with van der Waals surface area (Å²) in [5, 5.41) is 2.63. The predicted molar refractivity (Wildman–Crippen MR) is 49.4 cm³/mol. The summed E-state index contributed by atoms with van der Waals surface area (Å²) in [4.78, 5) is 27.7. The van der Waals surface area contributed by atoms with E-state index in [-0.39, 0.29) is 12.1 Å². The van der Waals surface area contributed by atoms with Gasteiger partial charge in [0.25, 0.3) is 0 Å². The van der Waals surface area contributed by atoms with Gasteiger partial charge in [0.15, 0.2) is 0 Å². The minimum atomic E-state index is -3.85. The van der Waals surface area contributed by atoms with Gasteiger partial charge in [-0.25, -0.2) is 0 Å². The van der Waals surface area contributed by atoms with Gasteiger partial charge in [0, 0.05) is 19.1 Å². The lowest BCUT2D eigenvalue weighted by molar-refractivity contribution is -0.120. The average Bonchev–Trinajstić information content (AvgIpc) is 2.01. The van der Waals surface area contributed by atoms with E-state index >= 15 is 0 Å². The summed E-state index contributed by atoms with van der Waals surface area (Å²) in [5.74, 6) is -0.0313. The topological polar surface area (TPSA) is 86.6 Å². The van der Waals surface area contributed by atoms with Crippen molar-refractivity contribution >= 4 is 13.5 Å². The minimum absolute atomic E-state index is 0.0313. The molecule has 0 aliphatic heterocycles. The molecule has 0 radical (unpaired) electrons. The molecule has 0 rings (SSSR count). The van der Waals surface area contributed by atoms with Crippen LogP contribution in [0, 0.1) is 0 Å². The number of hydrogen-bond acceptors (Lipinski definition) is 2. The quantitative estimate of drug-likeness (QED) is 0.438. The maximum atomic E-state index is 10.7. The Hall–Kier alpha value is -0.380. The van der Waals surface area contributed by atoms with Gasteiger partial charge in [-0.15, -0.1) is 0 Å². The lowest BCUT2D eigenvalue weighted by Crippen LogP contribution is -2.23. The molecule has 0 spiro atoms. The number of amides is 1. The first-order valence-corrected chi connectivity index (χ1v) is 6.06. The molecule has 0 bridgehead atoms. The van der Waals surface area contributed by atoms with Crippen molar-refractivity contribution in [3.63, 3.8) is 0 Å². The van der Waals surface area contributed by atoms with Crippen LogP contribution in [0.3, 0.4) is 0 Å². The van der Waals surface area contributed by atoms with E-state index in [0.717, 1.165) is 0 Å². The summed E-state index contributed by atoms with van der Waals surface area (Å²) in [6.45, 7) is 2.25. The summed E-state index contributed by atoms with van der Waals surface area (Å²) in [6, 6.07) is 0. The van der Waals surface area contributed by atoms with Gasteiger partial charge in [-0.1, -0.05) is 6.92 Å². The smallest absolute Gasteiger partial charge is 0.325 e. The molecule has 13 heavy (non-hydrogen) atoms. The average molecular weight is 209 g/mol. The highest BCUT2D eigenvalue weighted by molar-refractivity contribution is 7.51. The van der Waals surface area contributed by atoms with E-state index in [0.29, 0.717) is 25.8 Å². The third-order valence-corrected chi connectivity index (χ3v) is 2.42. The van der Waals surface area contributed by atoms with Crippen molar-refractivity contribution in [1.29, 1.82) is 0 Å². The first-order chi connectivity index (χ1) is 5.95. The molecule has 0 aromatic carbocycles. The monoisotopic (exact) mass is 209 g/mol. The van der Waals surface area contributed by atoms with Gasteiger partial charge in [0.2, 0.25) is 5.91 Å². The van der Waals surface area contributed by atoms with Crippen molar-refractivity contribution in [3.05, 3.63) is 0 Å². The Kier molecular flexibility index (Phi) is 5.95. The second-order valence-electron chi connectivity index (χ2n) is 2.80. The molecule has 0 fully saturated rings. The fraction of sp³-hybridized carbons (Fsp3) is 0.857. The maximum absolute atomic E-state index is 10.7. The van der Waals surface area contributed by atoms with E-state index in [1.807, 2.05) is 0 Å². The number of unbranched alkanes of at least 4 members (excludes halogenated alkanes) is 1. The highest BCUT2D eigenvalue weighted by atomic mass is 31.2. The van der Waals surface area contributed by atoms with Crippen LogP contribution in [0.25, 0.3) is 0 Å². The molecule has 0 aliphatic rings. The largest absolute Gasteiger partial charge is 0.356 e. The van der Waals surface area contributed by atoms with Crippen LogP contribution in [0.5, 0.6) is 0 Å². The van der Waals surface area contributed by atoms with Crippen LogP contribution in [0.2, 0.25) is 0 Å². The number of carbonyl (C=O) groups is 1. The number of carbonyl (C=O) groups excluding carboxylic acids is 1. The molecule has 6 heteroatoms. The Morgan fingerprint density at radius 2 is 2.00 bits per heavy atom. The Labute approximate surface area is 77.7 Å². The summed E-state index contributed by atoms with van der Waals surface area (Å²) >= 11 is 0. The van der Waals surface area contributed by atoms with E-state index in [2.05, 4.69) is 5.32 Å². The van der Waals surface area contributed by atoms with Crippen LogP contribution in [0.15, 0.2) is 0 Å². The molecular formula is C7H16NO4P. The van der Waals surface area contributed by atoms with Crippen LogP contribution >= 0.6 is 7.60 Å². The van der Waals surface area contributed by atoms with E-state index in [9.17, 15) is 9.36 Å². The fourth-order valence-electron chi connectivity index (χ4n) is 0.796. The molecule has 0 aromatic rings. The van der Waals surface area contributed by atoms with Gasteiger partial charge < -0.3 is 15.1 Å². The zero-order valence-corrected chi connectivity index (χ0v) is 8.59. The molecule has 0 saturated heterocycles. The van der Waals surface area contributed by atoms with Crippen molar-refractivity contribution in [3.8, 4) is 0 Å². The third kappa shape index (κ3) is 9.53. The molecule has 0 unspecified atom stereocenters. The van der Waals surface area contributed by atoms with Gasteiger partial charge >= 0.3 is 7.60 Å². The summed E-state index contributed by atoms with van der Waals surface area (Å²) in [7, 11) is -3.85. The van der Waals surface area contributed by atoms with E-state index in [1.165, 1.54) is 0 Å². The SMILES string of the molecule is CCC(=O)NCCCCP(=O)(O)O. The minimum Gasteiger partial charge on any atom is -0.356 e. The molecule has 0 heterocycles. The van der Waals surface area contributed by atoms with Crippen molar-refractivity contribution in [1.82, 2.24) is 5.32 Å². The Morgan fingerprint density at radius 3 is 2.46 bits per heavy atom. The molecule has 0 aliphatic carbocycles. The molecule has 78 valence electrons. The Morgan fingerprint density at radius 1 is 1.38 bits per heavy atom. The molecule has 5 nitrogen and oxygen atoms in total. The maximum Gasteiger partial charge on any atom is 0.325 e. The van der Waals surface area contributed by atoms with Crippen molar-refractivity contribution in [2.24, 2.45) is 0 Å². The Bertz CT molecular complexity index is 201. The standard InChI is InChI=1S/C7H16NO4P/c1-2-7(9)8-5-3-4-6-13(10,11)12/h2-6H2,1H3,(H,8,9)(H2,10,11,12). The van der Waals surface area contributed by atoms with Gasteiger partial charge in [-0.05, 0) is 12.8 Å². The zero-order valence-electron chi connectivity index (χ0n) is 7.69. The predicted octanol–water partition coefficient (Wildman–Crippen LogP) is 0.470.